The molecule has 33 heavy (non-hydrogen) atoms. The van der Waals surface area contributed by atoms with Crippen molar-refractivity contribution in [1.82, 2.24) is 10.2 Å². The Labute approximate surface area is 197 Å². The van der Waals surface area contributed by atoms with Gasteiger partial charge in [0.2, 0.25) is 5.91 Å². The Morgan fingerprint density at radius 3 is 2.58 bits per heavy atom. The molecule has 2 fully saturated rings. The van der Waals surface area contributed by atoms with Gasteiger partial charge in [-0.2, -0.15) is 5.26 Å². The van der Waals surface area contributed by atoms with Crippen molar-refractivity contribution < 1.29 is 14.4 Å². The number of halogens is 1. The summed E-state index contributed by atoms with van der Waals surface area (Å²) < 4.78 is 0. The molecule has 2 aliphatic rings. The van der Waals surface area contributed by atoms with E-state index in [4.69, 9.17) is 11.6 Å². The third-order valence-corrected chi connectivity index (χ3v) is 6.86. The molecule has 1 aliphatic carbocycles. The minimum absolute atomic E-state index is 0.331. The molecule has 2 N–H and O–H groups in total. The topological polar surface area (TPSA) is 102 Å². The number of rotatable bonds is 5. The summed E-state index contributed by atoms with van der Waals surface area (Å²) in [6, 6.07) is 16.0. The Bertz CT molecular complexity index is 1120. The van der Waals surface area contributed by atoms with Crippen LogP contribution in [0.4, 0.5) is 10.5 Å². The monoisotopic (exact) mass is 464 g/mol. The lowest BCUT2D eigenvalue weighted by molar-refractivity contribution is -0.135. The molecule has 4 amide bonds. The minimum Gasteiger partial charge on any atom is -0.324 e. The molecule has 7 nitrogen and oxygen atoms in total. The second kappa shape index (κ2) is 9.24. The van der Waals surface area contributed by atoms with E-state index >= 15 is 0 Å². The second-order valence-corrected chi connectivity index (χ2v) is 9.25. The van der Waals surface area contributed by atoms with E-state index < -0.39 is 23.4 Å². The number of carbonyl (C=O) groups is 3. The molecule has 8 heteroatoms. The van der Waals surface area contributed by atoms with E-state index in [2.05, 4.69) is 23.6 Å². The zero-order valence-corrected chi connectivity index (χ0v) is 19.1. The summed E-state index contributed by atoms with van der Waals surface area (Å²) in [5.74, 6) is -0.845. The van der Waals surface area contributed by atoms with E-state index in [1.807, 2.05) is 30.3 Å². The number of hydrogen-bond donors (Lipinski definition) is 2. The van der Waals surface area contributed by atoms with Crippen molar-refractivity contribution in [1.29, 1.82) is 5.26 Å². The Kier molecular flexibility index (Phi) is 6.39. The average Bonchev–Trinajstić information content (AvgIpc) is 3.02. The van der Waals surface area contributed by atoms with Crippen molar-refractivity contribution in [3.05, 3.63) is 64.7 Å². The Hall–Kier alpha value is -3.37. The van der Waals surface area contributed by atoms with Crippen LogP contribution in [-0.2, 0) is 9.59 Å². The lowest BCUT2D eigenvalue weighted by Crippen LogP contribution is -2.49. The largest absolute Gasteiger partial charge is 0.325 e. The van der Waals surface area contributed by atoms with E-state index in [-0.39, 0.29) is 12.5 Å². The molecule has 0 aromatic heterocycles. The third kappa shape index (κ3) is 4.57. The second-order valence-electron chi connectivity index (χ2n) is 8.84. The Balaban J connectivity index is 1.43. The summed E-state index contributed by atoms with van der Waals surface area (Å²) in [7, 11) is 0. The van der Waals surface area contributed by atoms with Crippen LogP contribution in [0.15, 0.2) is 48.5 Å². The van der Waals surface area contributed by atoms with Crippen molar-refractivity contribution in [2.24, 2.45) is 5.92 Å². The van der Waals surface area contributed by atoms with Crippen LogP contribution >= 0.6 is 11.6 Å². The highest BCUT2D eigenvalue weighted by molar-refractivity contribution is 6.31. The molecule has 0 radical (unpaired) electrons. The van der Waals surface area contributed by atoms with Crippen molar-refractivity contribution >= 4 is 35.1 Å². The first-order valence-electron chi connectivity index (χ1n) is 11.0. The number of anilines is 1. The fourth-order valence-corrected chi connectivity index (χ4v) is 4.86. The molecule has 1 atom stereocenters. The zero-order valence-electron chi connectivity index (χ0n) is 18.3. The Morgan fingerprint density at radius 2 is 1.94 bits per heavy atom. The summed E-state index contributed by atoms with van der Waals surface area (Å²) in [4.78, 5) is 39.0. The molecule has 4 rings (SSSR count). The maximum atomic E-state index is 12.9. The van der Waals surface area contributed by atoms with Gasteiger partial charge in [-0.3, -0.25) is 14.5 Å². The highest BCUT2D eigenvalue weighted by atomic mass is 35.5. The molecular formula is C25H25ClN4O3. The van der Waals surface area contributed by atoms with Crippen molar-refractivity contribution in [3.8, 4) is 6.07 Å². The summed E-state index contributed by atoms with van der Waals surface area (Å²) >= 11 is 6.43. The van der Waals surface area contributed by atoms with E-state index in [0.29, 0.717) is 35.0 Å². The zero-order chi connectivity index (χ0) is 23.6. The van der Waals surface area contributed by atoms with Crippen LogP contribution in [-0.4, -0.2) is 34.8 Å². The quantitative estimate of drug-likeness (QED) is 0.638. The average molecular weight is 465 g/mol. The standard InChI is InChI=1S/C25H25ClN4O3/c1-16-9-11-25(12-10-16)23(32)30(24(33)29-25)15-22(31)28-18-7-8-19(21(26)13-18)20(14-27)17-5-3-2-4-6-17/h2-8,13,16,20H,9-12,15H2,1H3,(H,28,31)(H,29,33). The first kappa shape index (κ1) is 22.8. The first-order valence-corrected chi connectivity index (χ1v) is 11.4. The highest BCUT2D eigenvalue weighted by Gasteiger charge is 2.52. The van der Waals surface area contributed by atoms with E-state index in [9.17, 15) is 19.6 Å². The van der Waals surface area contributed by atoms with Gasteiger partial charge < -0.3 is 10.6 Å². The van der Waals surface area contributed by atoms with Crippen LogP contribution in [0.2, 0.25) is 5.02 Å². The first-order chi connectivity index (χ1) is 15.8. The number of imide groups is 1. The van der Waals surface area contributed by atoms with Crippen molar-refractivity contribution in [2.75, 3.05) is 11.9 Å². The predicted octanol–water partition coefficient (Wildman–Crippen LogP) is 4.43. The number of nitrogens with zero attached hydrogens (tertiary/aromatic N) is 2. The smallest absolute Gasteiger partial charge is 0.324 e. The molecule has 1 saturated heterocycles. The van der Waals surface area contributed by atoms with Gasteiger partial charge in [0.15, 0.2) is 0 Å². The molecule has 170 valence electrons. The highest BCUT2D eigenvalue weighted by Crippen LogP contribution is 2.36. The van der Waals surface area contributed by atoms with Gasteiger partial charge >= 0.3 is 6.03 Å². The predicted molar refractivity (Wildman–Crippen MR) is 125 cm³/mol. The van der Waals surface area contributed by atoms with Crippen LogP contribution < -0.4 is 10.6 Å². The van der Waals surface area contributed by atoms with Crippen molar-refractivity contribution in [3.63, 3.8) is 0 Å². The number of urea groups is 1. The van der Waals surface area contributed by atoms with Gasteiger partial charge in [0.25, 0.3) is 5.91 Å². The fourth-order valence-electron chi connectivity index (χ4n) is 4.57. The summed E-state index contributed by atoms with van der Waals surface area (Å²) in [6.45, 7) is 1.76. The van der Waals surface area contributed by atoms with Gasteiger partial charge in [-0.1, -0.05) is 54.9 Å². The van der Waals surface area contributed by atoms with Crippen LogP contribution in [0, 0.1) is 17.2 Å². The van der Waals surface area contributed by atoms with E-state index in [1.54, 1.807) is 18.2 Å². The number of hydrogen-bond acceptors (Lipinski definition) is 4. The van der Waals surface area contributed by atoms with Gasteiger partial charge in [-0.15, -0.1) is 0 Å². The molecule has 1 saturated carbocycles. The van der Waals surface area contributed by atoms with Gasteiger partial charge in [-0.25, -0.2) is 4.79 Å². The van der Waals surface area contributed by atoms with E-state index in [1.165, 1.54) is 0 Å². The number of nitrogens with one attached hydrogen (secondary N) is 2. The summed E-state index contributed by atoms with van der Waals surface area (Å²) in [6.07, 6.45) is 2.91. The fraction of sp³-hybridized carbons (Fsp3) is 0.360. The molecule has 1 heterocycles. The van der Waals surface area contributed by atoms with Gasteiger partial charge in [-0.05, 0) is 54.9 Å². The number of nitriles is 1. The van der Waals surface area contributed by atoms with Gasteiger partial charge in [0, 0.05) is 10.7 Å². The maximum absolute atomic E-state index is 12.9. The number of benzene rings is 2. The van der Waals surface area contributed by atoms with Crippen LogP contribution in [0.25, 0.3) is 0 Å². The summed E-state index contributed by atoms with van der Waals surface area (Å²) in [5, 5.41) is 15.5. The number of carbonyl (C=O) groups excluding carboxylic acids is 3. The molecule has 0 bridgehead atoms. The van der Waals surface area contributed by atoms with Crippen molar-refractivity contribution in [2.45, 2.75) is 44.1 Å². The third-order valence-electron chi connectivity index (χ3n) is 6.53. The maximum Gasteiger partial charge on any atom is 0.325 e. The lowest BCUT2D eigenvalue weighted by atomic mass is 9.77. The SMILES string of the molecule is CC1CCC2(CC1)NC(=O)N(CC(=O)Nc1ccc(C(C#N)c3ccccc3)c(Cl)c1)C2=O. The molecule has 1 unspecified atom stereocenters. The lowest BCUT2D eigenvalue weighted by Gasteiger charge is -2.33. The molecule has 2 aromatic carbocycles. The minimum atomic E-state index is -0.876. The normalized spacial score (nSPS) is 23.2. The van der Waals surface area contributed by atoms with Crippen LogP contribution in [0.3, 0.4) is 0 Å². The molecule has 1 spiro atoms. The molecular weight excluding hydrogens is 440 g/mol. The van der Waals surface area contributed by atoms with E-state index in [0.717, 1.165) is 23.3 Å². The van der Waals surface area contributed by atoms with Crippen LogP contribution in [0.5, 0.6) is 0 Å². The molecule has 2 aromatic rings. The summed E-state index contributed by atoms with van der Waals surface area (Å²) in [5.41, 5.74) is 0.999. The Morgan fingerprint density at radius 1 is 1.24 bits per heavy atom. The molecule has 1 aliphatic heterocycles. The van der Waals surface area contributed by atoms with Crippen LogP contribution in [0.1, 0.15) is 49.7 Å². The van der Waals surface area contributed by atoms with Gasteiger partial charge in [0.1, 0.15) is 12.1 Å². The van der Waals surface area contributed by atoms with Gasteiger partial charge in [0.05, 0.1) is 12.0 Å². The number of amides is 4.